The number of ketones is 2. The van der Waals surface area contributed by atoms with Crippen molar-refractivity contribution in [1.29, 1.82) is 0 Å². The Morgan fingerprint density at radius 3 is 2.06 bits per heavy atom. The summed E-state index contributed by atoms with van der Waals surface area (Å²) in [5.74, 6) is 0.552. The molecule has 2 atom stereocenters. The first-order valence-corrected chi connectivity index (χ1v) is 11.4. The number of hydrogen-bond acceptors (Lipinski definition) is 4. The number of nitrogens with zero attached hydrogens (tertiary/aromatic N) is 1. The number of carbonyl (C=O) groups is 2. The summed E-state index contributed by atoms with van der Waals surface area (Å²) in [7, 11) is 0. The molecule has 4 aromatic carbocycles. The molecule has 0 aliphatic carbocycles. The van der Waals surface area contributed by atoms with E-state index in [1.54, 1.807) is 0 Å². The van der Waals surface area contributed by atoms with Crippen molar-refractivity contribution in [3.05, 3.63) is 131 Å². The molecule has 168 valence electrons. The van der Waals surface area contributed by atoms with Gasteiger partial charge < -0.3 is 9.64 Å². The summed E-state index contributed by atoms with van der Waals surface area (Å²) in [6.07, 6.45) is -0.774. The Kier molecular flexibility index (Phi) is 5.96. The monoisotopic (exact) mass is 447 g/mol. The average molecular weight is 448 g/mol. The highest BCUT2D eigenvalue weighted by Crippen LogP contribution is 2.43. The van der Waals surface area contributed by atoms with Crippen molar-refractivity contribution < 1.29 is 14.3 Å². The quantitative estimate of drug-likeness (QED) is 0.323. The first-order chi connectivity index (χ1) is 16.6. The molecule has 0 saturated heterocycles. The Balaban J connectivity index is 1.58. The van der Waals surface area contributed by atoms with Gasteiger partial charge in [0.05, 0.1) is 6.54 Å². The number of benzene rings is 4. The van der Waals surface area contributed by atoms with E-state index in [0.29, 0.717) is 16.9 Å². The van der Waals surface area contributed by atoms with Crippen LogP contribution >= 0.6 is 0 Å². The van der Waals surface area contributed by atoms with Crippen molar-refractivity contribution in [1.82, 2.24) is 0 Å². The van der Waals surface area contributed by atoms with Crippen LogP contribution in [0.1, 0.15) is 37.9 Å². The van der Waals surface area contributed by atoms with Gasteiger partial charge in [-0.3, -0.25) is 9.59 Å². The van der Waals surface area contributed by atoms with Gasteiger partial charge in [0.25, 0.3) is 0 Å². The number of rotatable bonds is 7. The molecular weight excluding hydrogens is 422 g/mol. The molecular formula is C30H25NO3. The topological polar surface area (TPSA) is 46.6 Å². The lowest BCUT2D eigenvalue weighted by Crippen LogP contribution is -2.42. The number of fused-ring (bicyclic) bond motifs is 1. The highest BCUT2D eigenvalue weighted by molar-refractivity contribution is 6.02. The van der Waals surface area contributed by atoms with Gasteiger partial charge in [0.2, 0.25) is 5.78 Å². The molecule has 0 saturated carbocycles. The van der Waals surface area contributed by atoms with Crippen molar-refractivity contribution in [3.8, 4) is 5.75 Å². The highest BCUT2D eigenvalue weighted by atomic mass is 16.5. The second-order valence-corrected chi connectivity index (χ2v) is 8.50. The lowest BCUT2D eigenvalue weighted by molar-refractivity contribution is 0.0784. The molecule has 0 bridgehead atoms. The van der Waals surface area contributed by atoms with Crippen molar-refractivity contribution in [2.24, 2.45) is 0 Å². The van der Waals surface area contributed by atoms with Gasteiger partial charge in [0.15, 0.2) is 11.9 Å². The third-order valence-corrected chi connectivity index (χ3v) is 6.21. The molecule has 4 heteroatoms. The Bertz CT molecular complexity index is 1300. The largest absolute Gasteiger partial charge is 0.479 e. The predicted molar refractivity (Wildman–Crippen MR) is 134 cm³/mol. The lowest BCUT2D eigenvalue weighted by Gasteiger charge is -2.33. The number of carbonyl (C=O) groups excluding carboxylic acids is 2. The molecule has 0 spiro atoms. The second-order valence-electron chi connectivity index (χ2n) is 8.50. The standard InChI is InChI=1S/C30H25NO3/c1-21-16-18-23(19-17-21)29(33)30-28(25-14-8-9-15-27(25)34-30)31(24-12-6-3-7-13-24)20-26(32)22-10-4-2-5-11-22/h2-19,28,30H,20H2,1H3. The second kappa shape index (κ2) is 9.36. The maximum Gasteiger partial charge on any atom is 0.205 e. The zero-order chi connectivity index (χ0) is 23.5. The van der Waals surface area contributed by atoms with E-state index in [4.69, 9.17) is 4.74 Å². The van der Waals surface area contributed by atoms with Gasteiger partial charge >= 0.3 is 0 Å². The van der Waals surface area contributed by atoms with Crippen LogP contribution in [0.3, 0.4) is 0 Å². The van der Waals surface area contributed by atoms with E-state index in [-0.39, 0.29) is 18.1 Å². The maximum absolute atomic E-state index is 13.7. The van der Waals surface area contributed by atoms with Crippen LogP contribution in [0.25, 0.3) is 0 Å². The minimum Gasteiger partial charge on any atom is -0.479 e. The zero-order valence-electron chi connectivity index (χ0n) is 18.9. The molecule has 1 aliphatic heterocycles. The molecule has 4 nitrogen and oxygen atoms in total. The summed E-state index contributed by atoms with van der Waals surface area (Å²) >= 11 is 0. The van der Waals surface area contributed by atoms with Gasteiger partial charge in [0.1, 0.15) is 11.8 Å². The van der Waals surface area contributed by atoms with Crippen LogP contribution in [0.2, 0.25) is 0 Å². The highest BCUT2D eigenvalue weighted by Gasteiger charge is 2.43. The van der Waals surface area contributed by atoms with Crippen molar-refractivity contribution in [2.75, 3.05) is 11.4 Å². The third kappa shape index (κ3) is 4.23. The Morgan fingerprint density at radius 2 is 1.35 bits per heavy atom. The van der Waals surface area contributed by atoms with Crippen LogP contribution in [0.15, 0.2) is 109 Å². The van der Waals surface area contributed by atoms with Crippen LogP contribution in [0.5, 0.6) is 5.75 Å². The molecule has 1 aliphatic rings. The zero-order valence-corrected chi connectivity index (χ0v) is 18.9. The Labute approximate surface area is 199 Å². The first kappa shape index (κ1) is 21.7. The molecule has 2 unspecified atom stereocenters. The smallest absolute Gasteiger partial charge is 0.205 e. The maximum atomic E-state index is 13.7. The molecule has 0 fully saturated rings. The number of hydrogen-bond donors (Lipinski definition) is 0. The van der Waals surface area contributed by atoms with E-state index in [9.17, 15) is 9.59 Å². The van der Waals surface area contributed by atoms with E-state index in [0.717, 1.165) is 16.8 Å². The summed E-state index contributed by atoms with van der Waals surface area (Å²) in [5, 5.41) is 0. The predicted octanol–water partition coefficient (Wildman–Crippen LogP) is 6.07. The third-order valence-electron chi connectivity index (χ3n) is 6.21. The van der Waals surface area contributed by atoms with Gasteiger partial charge in [-0.15, -0.1) is 0 Å². The van der Waals surface area contributed by atoms with Crippen LogP contribution in [0, 0.1) is 6.92 Å². The van der Waals surface area contributed by atoms with E-state index >= 15 is 0 Å². The minimum absolute atomic E-state index is 0.0182. The van der Waals surface area contributed by atoms with E-state index in [1.165, 1.54) is 0 Å². The molecule has 0 aromatic heterocycles. The summed E-state index contributed by atoms with van der Waals surface area (Å²) in [6, 6.07) is 33.8. The summed E-state index contributed by atoms with van der Waals surface area (Å²) in [6.45, 7) is 2.11. The summed E-state index contributed by atoms with van der Waals surface area (Å²) in [5.41, 5.74) is 4.08. The SMILES string of the molecule is Cc1ccc(C(=O)C2Oc3ccccc3C2N(CC(=O)c2ccccc2)c2ccccc2)cc1. The summed E-state index contributed by atoms with van der Waals surface area (Å²) in [4.78, 5) is 29.0. The number of ether oxygens (including phenoxy) is 1. The van der Waals surface area contributed by atoms with Crippen LogP contribution in [-0.2, 0) is 0 Å². The molecule has 0 amide bonds. The van der Waals surface area contributed by atoms with Crippen molar-refractivity contribution in [3.63, 3.8) is 0 Å². The van der Waals surface area contributed by atoms with Gasteiger partial charge in [-0.2, -0.15) is 0 Å². The number of anilines is 1. The van der Waals surface area contributed by atoms with Crippen molar-refractivity contribution >= 4 is 17.3 Å². The van der Waals surface area contributed by atoms with E-state index < -0.39 is 12.1 Å². The number of para-hydroxylation sites is 2. The Morgan fingerprint density at radius 1 is 0.735 bits per heavy atom. The van der Waals surface area contributed by atoms with Crippen LogP contribution < -0.4 is 9.64 Å². The van der Waals surface area contributed by atoms with E-state index in [1.807, 2.05) is 121 Å². The molecule has 0 N–H and O–H groups in total. The minimum atomic E-state index is -0.774. The van der Waals surface area contributed by atoms with Gasteiger partial charge in [0, 0.05) is 22.4 Å². The fraction of sp³-hybridized carbons (Fsp3) is 0.133. The molecule has 4 aromatic rings. The normalized spacial score (nSPS) is 16.4. The van der Waals surface area contributed by atoms with Gasteiger partial charge in [-0.25, -0.2) is 0 Å². The van der Waals surface area contributed by atoms with Crippen LogP contribution in [0.4, 0.5) is 5.69 Å². The van der Waals surface area contributed by atoms with Crippen molar-refractivity contribution in [2.45, 2.75) is 19.1 Å². The van der Waals surface area contributed by atoms with Gasteiger partial charge in [-0.1, -0.05) is 96.6 Å². The average Bonchev–Trinajstić information content (AvgIpc) is 3.27. The molecule has 34 heavy (non-hydrogen) atoms. The van der Waals surface area contributed by atoms with E-state index in [2.05, 4.69) is 0 Å². The number of Topliss-reactive ketones (excluding diaryl/α,β-unsaturated/α-hetero) is 2. The van der Waals surface area contributed by atoms with Crippen LogP contribution in [-0.4, -0.2) is 24.2 Å². The molecule has 5 rings (SSSR count). The number of aryl methyl sites for hydroxylation is 1. The van der Waals surface area contributed by atoms with Gasteiger partial charge in [-0.05, 0) is 25.1 Å². The first-order valence-electron chi connectivity index (χ1n) is 11.4. The fourth-order valence-electron chi connectivity index (χ4n) is 4.45. The fourth-order valence-corrected chi connectivity index (χ4v) is 4.45. The molecule has 0 radical (unpaired) electrons. The lowest BCUT2D eigenvalue weighted by atomic mass is 9.94. The summed E-state index contributed by atoms with van der Waals surface area (Å²) < 4.78 is 6.25. The molecule has 1 heterocycles. The Hall–Kier alpha value is -4.18.